The van der Waals surface area contributed by atoms with E-state index in [2.05, 4.69) is 61.5 Å². The molecule has 7 aromatic rings. The second-order valence-corrected chi connectivity index (χ2v) is 13.2. The molecular formula is C25H15NS5. The zero-order valence-corrected chi connectivity index (χ0v) is 20.5. The number of nitrogen functional groups attached to an aromatic ring is 1. The lowest BCUT2D eigenvalue weighted by Crippen LogP contribution is -1.73. The second kappa shape index (κ2) is 6.64. The largest absolute Gasteiger partial charge is 0.391 e. The molecule has 0 aliphatic heterocycles. The Bertz CT molecular complexity index is 1640. The molecule has 7 rings (SSSR count). The molecule has 0 saturated heterocycles. The van der Waals surface area contributed by atoms with Crippen molar-refractivity contribution in [2.45, 2.75) is 6.92 Å². The van der Waals surface area contributed by atoms with E-state index in [0.717, 1.165) is 5.00 Å². The highest BCUT2D eigenvalue weighted by Crippen LogP contribution is 2.51. The molecular weight excluding hydrogens is 475 g/mol. The number of anilines is 1. The molecule has 0 unspecified atom stereocenters. The zero-order chi connectivity index (χ0) is 20.7. The molecule has 0 aliphatic carbocycles. The number of rotatable bonds is 2. The summed E-state index contributed by atoms with van der Waals surface area (Å²) in [5.41, 5.74) is 8.53. The van der Waals surface area contributed by atoms with E-state index in [9.17, 15) is 0 Å². The molecule has 0 radical (unpaired) electrons. The van der Waals surface area contributed by atoms with Gasteiger partial charge in [-0.1, -0.05) is 24.3 Å². The van der Waals surface area contributed by atoms with Gasteiger partial charge in [0, 0.05) is 34.8 Å². The molecule has 5 heterocycles. The molecule has 0 spiro atoms. The lowest BCUT2D eigenvalue weighted by atomic mass is 10.1. The Balaban J connectivity index is 1.42. The number of benzene rings is 2. The summed E-state index contributed by atoms with van der Waals surface area (Å²) in [6, 6.07) is 22.4. The normalized spacial score (nSPS) is 12.2. The SMILES string of the molecule is Cc1ccc(-c2ccc3c(c2)sc2c3sc3c4ccc(-c5ccc(N)s5)cc4sc32)s1. The Labute approximate surface area is 198 Å². The van der Waals surface area contributed by atoms with E-state index in [1.807, 2.05) is 51.4 Å². The molecule has 150 valence electrons. The van der Waals surface area contributed by atoms with E-state index in [1.54, 1.807) is 11.3 Å². The van der Waals surface area contributed by atoms with Crippen molar-refractivity contribution in [3.63, 3.8) is 0 Å². The van der Waals surface area contributed by atoms with E-state index in [4.69, 9.17) is 5.73 Å². The Morgan fingerprint density at radius 2 is 1.13 bits per heavy atom. The van der Waals surface area contributed by atoms with Crippen molar-refractivity contribution >= 4 is 101 Å². The molecule has 0 saturated carbocycles. The minimum Gasteiger partial charge on any atom is -0.391 e. The van der Waals surface area contributed by atoms with Gasteiger partial charge in [-0.2, -0.15) is 0 Å². The van der Waals surface area contributed by atoms with Crippen molar-refractivity contribution < 1.29 is 0 Å². The fourth-order valence-electron chi connectivity index (χ4n) is 4.15. The number of thiophene rings is 5. The highest BCUT2D eigenvalue weighted by molar-refractivity contribution is 7.43. The van der Waals surface area contributed by atoms with Gasteiger partial charge in [-0.05, 0) is 54.4 Å². The van der Waals surface area contributed by atoms with Crippen LogP contribution in [0.3, 0.4) is 0 Å². The first-order chi connectivity index (χ1) is 15.1. The predicted octanol–water partition coefficient (Wildman–Crippen LogP) is 9.83. The molecule has 5 aromatic heterocycles. The van der Waals surface area contributed by atoms with E-state index in [0.29, 0.717) is 0 Å². The maximum atomic E-state index is 5.95. The van der Waals surface area contributed by atoms with Gasteiger partial charge in [0.05, 0.1) is 23.8 Å². The number of aryl methyl sites for hydroxylation is 1. The summed E-state index contributed by atoms with van der Waals surface area (Å²) in [5, 5.41) is 3.64. The van der Waals surface area contributed by atoms with E-state index >= 15 is 0 Å². The maximum Gasteiger partial charge on any atom is 0.0862 e. The third-order valence-electron chi connectivity index (χ3n) is 5.64. The third kappa shape index (κ3) is 2.76. The minimum atomic E-state index is 0.867. The molecule has 31 heavy (non-hydrogen) atoms. The van der Waals surface area contributed by atoms with Crippen molar-refractivity contribution in [1.82, 2.24) is 0 Å². The topological polar surface area (TPSA) is 26.0 Å². The summed E-state index contributed by atoms with van der Waals surface area (Å²) in [7, 11) is 0. The van der Waals surface area contributed by atoms with Crippen LogP contribution in [0.15, 0.2) is 60.7 Å². The second-order valence-electron chi connectivity index (χ2n) is 7.66. The summed E-state index contributed by atoms with van der Waals surface area (Å²) < 4.78 is 8.49. The van der Waals surface area contributed by atoms with Crippen LogP contribution in [-0.2, 0) is 0 Å². The van der Waals surface area contributed by atoms with Gasteiger partial charge < -0.3 is 5.73 Å². The van der Waals surface area contributed by atoms with Crippen molar-refractivity contribution in [2.24, 2.45) is 0 Å². The number of nitrogens with two attached hydrogens (primary N) is 1. The molecule has 0 aliphatic rings. The lowest BCUT2D eigenvalue weighted by Gasteiger charge is -1.98. The smallest absolute Gasteiger partial charge is 0.0862 e. The summed E-state index contributed by atoms with van der Waals surface area (Å²) in [6.45, 7) is 2.17. The molecule has 0 atom stereocenters. The van der Waals surface area contributed by atoms with Crippen molar-refractivity contribution in [2.75, 3.05) is 5.73 Å². The minimum absolute atomic E-state index is 0.867. The van der Waals surface area contributed by atoms with Gasteiger partial charge in [0.15, 0.2) is 0 Å². The monoisotopic (exact) mass is 489 g/mol. The van der Waals surface area contributed by atoms with E-state index < -0.39 is 0 Å². The van der Waals surface area contributed by atoms with Crippen LogP contribution >= 0.6 is 56.7 Å². The van der Waals surface area contributed by atoms with Crippen LogP contribution in [0, 0.1) is 6.92 Å². The number of hydrogen-bond acceptors (Lipinski definition) is 6. The maximum absolute atomic E-state index is 5.95. The Morgan fingerprint density at radius 1 is 0.548 bits per heavy atom. The molecule has 0 fully saturated rings. The van der Waals surface area contributed by atoms with Crippen LogP contribution in [0.1, 0.15) is 4.88 Å². The molecule has 2 N–H and O–H groups in total. The third-order valence-corrected chi connectivity index (χ3v) is 11.6. The zero-order valence-electron chi connectivity index (χ0n) is 16.4. The summed E-state index contributed by atoms with van der Waals surface area (Å²) in [4.78, 5) is 3.95. The lowest BCUT2D eigenvalue weighted by molar-refractivity contribution is 1.64. The van der Waals surface area contributed by atoms with Crippen molar-refractivity contribution in [3.05, 3.63) is 65.5 Å². The molecule has 0 amide bonds. The summed E-state index contributed by atoms with van der Waals surface area (Å²) in [5.74, 6) is 0. The summed E-state index contributed by atoms with van der Waals surface area (Å²) in [6.07, 6.45) is 0. The van der Waals surface area contributed by atoms with Crippen LogP contribution in [0.2, 0.25) is 0 Å². The Morgan fingerprint density at radius 3 is 1.65 bits per heavy atom. The quantitative estimate of drug-likeness (QED) is 0.257. The number of fused-ring (bicyclic) bond motifs is 7. The van der Waals surface area contributed by atoms with Crippen molar-refractivity contribution in [1.29, 1.82) is 0 Å². The molecule has 1 nitrogen and oxygen atoms in total. The summed E-state index contributed by atoms with van der Waals surface area (Å²) >= 11 is 9.34. The van der Waals surface area contributed by atoms with Crippen LogP contribution in [0.5, 0.6) is 0 Å². The fourth-order valence-corrected chi connectivity index (χ4v) is 10.1. The van der Waals surface area contributed by atoms with Gasteiger partial charge in [-0.15, -0.1) is 56.7 Å². The van der Waals surface area contributed by atoms with Crippen LogP contribution in [0.25, 0.3) is 59.9 Å². The first kappa shape index (κ1) is 18.4. The molecule has 0 bridgehead atoms. The van der Waals surface area contributed by atoms with Gasteiger partial charge in [-0.3, -0.25) is 0 Å². The van der Waals surface area contributed by atoms with Gasteiger partial charge in [0.2, 0.25) is 0 Å². The number of hydrogen-bond donors (Lipinski definition) is 1. The first-order valence-electron chi connectivity index (χ1n) is 9.88. The highest BCUT2D eigenvalue weighted by Gasteiger charge is 2.17. The van der Waals surface area contributed by atoms with Gasteiger partial charge >= 0.3 is 0 Å². The standard InChI is InChI=1S/C25H15NS5/c1-12-2-7-17(27-12)13-3-5-15-19(10-13)29-24-22(15)31-23-16-6-4-14(11-20(16)30-25(23)24)18-8-9-21(26)28-18/h2-11H,26H2,1H3. The van der Waals surface area contributed by atoms with Crippen LogP contribution in [0.4, 0.5) is 5.00 Å². The van der Waals surface area contributed by atoms with Crippen molar-refractivity contribution in [3.8, 4) is 20.9 Å². The molecule has 6 heteroatoms. The van der Waals surface area contributed by atoms with E-state index in [-0.39, 0.29) is 0 Å². The predicted molar refractivity (Wildman–Crippen MR) is 146 cm³/mol. The van der Waals surface area contributed by atoms with Gasteiger partial charge in [0.25, 0.3) is 0 Å². The van der Waals surface area contributed by atoms with Gasteiger partial charge in [0.1, 0.15) is 0 Å². The van der Waals surface area contributed by atoms with Gasteiger partial charge in [-0.25, -0.2) is 0 Å². The Hall–Kier alpha value is -2.22. The Kier molecular flexibility index (Phi) is 3.93. The molecule has 2 aromatic carbocycles. The first-order valence-corrected chi connectivity index (χ1v) is 14.0. The fraction of sp³-hybridized carbons (Fsp3) is 0.0400. The van der Waals surface area contributed by atoms with Crippen LogP contribution < -0.4 is 5.73 Å². The van der Waals surface area contributed by atoms with Crippen LogP contribution in [-0.4, -0.2) is 0 Å². The highest BCUT2D eigenvalue weighted by atomic mass is 32.1. The average Bonchev–Trinajstić information content (AvgIpc) is 3.55. The van der Waals surface area contributed by atoms with E-state index in [1.165, 1.54) is 64.7 Å². The average molecular weight is 490 g/mol.